The van der Waals surface area contributed by atoms with E-state index in [0.29, 0.717) is 77.0 Å². The molecule has 0 saturated carbocycles. The summed E-state index contributed by atoms with van der Waals surface area (Å²) in [7, 11) is 0. The van der Waals surface area contributed by atoms with E-state index in [2.05, 4.69) is 52.6 Å². The minimum absolute atomic E-state index is 0.0614. The lowest BCUT2D eigenvalue weighted by Crippen LogP contribution is -2.25. The molecule has 98 heavy (non-hydrogen) atoms. The summed E-state index contributed by atoms with van der Waals surface area (Å²) in [6.45, 7) is 46.1. The molecular weight excluding hydrogens is 1270 g/mol. The van der Waals surface area contributed by atoms with Crippen LogP contribution in [0, 0.1) is 59.2 Å². The number of allylic oxidation sites excluding steroid dienone is 8. The van der Waals surface area contributed by atoms with Gasteiger partial charge in [-0.2, -0.15) is 0 Å². The van der Waals surface area contributed by atoms with Crippen LogP contribution in [0.2, 0.25) is 0 Å². The van der Waals surface area contributed by atoms with E-state index in [1.807, 2.05) is 55.4 Å². The van der Waals surface area contributed by atoms with Gasteiger partial charge < -0.3 is 37.9 Å². The minimum Gasteiger partial charge on any atom is -0.454 e. The van der Waals surface area contributed by atoms with Gasteiger partial charge in [-0.25, -0.2) is 0 Å². The molecule has 8 rings (SSSR count). The number of esters is 8. The van der Waals surface area contributed by atoms with Crippen molar-refractivity contribution in [2.24, 2.45) is 59.2 Å². The lowest BCUT2D eigenvalue weighted by molar-refractivity contribution is -0.146. The van der Waals surface area contributed by atoms with Crippen LogP contribution >= 0.6 is 0 Å². The molecule has 24 heteroatoms. The van der Waals surface area contributed by atoms with Crippen molar-refractivity contribution in [1.82, 2.24) is 0 Å². The molecule has 8 aliphatic heterocycles. The predicted molar refractivity (Wildman–Crippen MR) is 357 cm³/mol. The van der Waals surface area contributed by atoms with Gasteiger partial charge in [-0.1, -0.05) is 117 Å². The molecule has 0 amide bonds. The highest BCUT2D eigenvalue weighted by molar-refractivity contribution is 6.10. The maximum absolute atomic E-state index is 11.6. The average molecular weight is 1370 g/mol. The van der Waals surface area contributed by atoms with Crippen LogP contribution < -0.4 is 0 Å². The molecule has 0 bridgehead atoms. The zero-order chi connectivity index (χ0) is 74.8. The van der Waals surface area contributed by atoms with E-state index < -0.39 is 132 Å². The van der Waals surface area contributed by atoms with E-state index in [-0.39, 0.29) is 70.0 Å². The Balaban J connectivity index is 0.000000560. The van der Waals surface area contributed by atoms with E-state index in [0.717, 1.165) is 12.8 Å². The SMILES string of the molecule is C=CC[C@@H]1C(=O)O[C@@H](C(C)C)C1=O.C=CC[C@@H]1C(=O)O[C@@H](C)C1=O.C=CC[C@@H]1C(=O)O[C@@H](CC)C1=O.C=CC[C@@H]1C(=O)O[C@@H](CCC)C1=O.C=CC[C@@H]1C(=O)O[C@H](C(C)C)C1=O.C=CC[C@@H]1C(=O)O[C@H](CCC)C1=O.C=CC[C@H]1C(=O)O[C@H](C)C1=O.C=CC[C@H]1C(=O)O[C@H](CC)C1=O. The lowest BCUT2D eigenvalue weighted by Gasteiger charge is -2.10. The zero-order valence-electron chi connectivity index (χ0n) is 58.4. The Hall–Kier alpha value is -8.96. The molecule has 0 N–H and O–H groups in total. The normalized spacial score (nSPS) is 28.5. The molecule has 24 nitrogen and oxygen atoms in total. The van der Waals surface area contributed by atoms with Crippen LogP contribution in [0.15, 0.2) is 101 Å². The van der Waals surface area contributed by atoms with Crippen molar-refractivity contribution < 1.29 is 115 Å². The third-order valence-electron chi connectivity index (χ3n) is 16.0. The van der Waals surface area contributed by atoms with Gasteiger partial charge in [-0.3, -0.25) is 76.7 Å². The van der Waals surface area contributed by atoms with Crippen LogP contribution in [0.5, 0.6) is 0 Å². The Labute approximate surface area is 574 Å². The largest absolute Gasteiger partial charge is 0.454 e. The molecule has 8 fully saturated rings. The van der Waals surface area contributed by atoms with Gasteiger partial charge >= 0.3 is 47.8 Å². The number of rotatable bonds is 24. The van der Waals surface area contributed by atoms with Gasteiger partial charge in [0.1, 0.15) is 47.3 Å². The fraction of sp³-hybridized carbons (Fsp3) is 0.568. The topological polar surface area (TPSA) is 347 Å². The van der Waals surface area contributed by atoms with Crippen molar-refractivity contribution in [3.05, 3.63) is 101 Å². The lowest BCUT2D eigenvalue weighted by atomic mass is 9.94. The summed E-state index contributed by atoms with van der Waals surface area (Å²) in [6, 6.07) is 0. The van der Waals surface area contributed by atoms with Gasteiger partial charge in [0.05, 0.1) is 0 Å². The second-order valence-electron chi connectivity index (χ2n) is 24.3. The summed E-state index contributed by atoms with van der Waals surface area (Å²) in [5, 5.41) is 0. The zero-order valence-corrected chi connectivity index (χ0v) is 58.4. The number of hydrogen-bond acceptors (Lipinski definition) is 24. The van der Waals surface area contributed by atoms with Crippen molar-refractivity contribution in [2.45, 2.75) is 208 Å². The van der Waals surface area contributed by atoms with E-state index in [1.54, 1.807) is 62.5 Å². The van der Waals surface area contributed by atoms with Crippen molar-refractivity contribution in [3.8, 4) is 0 Å². The summed E-state index contributed by atoms with van der Waals surface area (Å²) < 4.78 is 38.9. The Bertz CT molecular complexity index is 2780. The highest BCUT2D eigenvalue weighted by atomic mass is 16.6. The Morgan fingerprint density at radius 2 is 0.459 bits per heavy atom. The first-order valence-corrected chi connectivity index (χ1v) is 33.1. The quantitative estimate of drug-likeness (QED) is 0.0376. The first kappa shape index (κ1) is 87.1. The van der Waals surface area contributed by atoms with Crippen molar-refractivity contribution in [3.63, 3.8) is 0 Å². The van der Waals surface area contributed by atoms with Crippen LogP contribution in [0.3, 0.4) is 0 Å². The molecular formula is C74H100O24. The summed E-state index contributed by atoms with van der Waals surface area (Å²) in [5.41, 5.74) is 0. The molecule has 0 aromatic rings. The standard InChI is InChI=1S/4C10H14O3.2C9H12O3.2C8H10O3/c2*1-4-5-7-8(11)9(6(2)3)13-10(7)12;2*1-3-5-7-9(11)8(6-4-2)13-10(7)12;2*1-3-5-6-8(10)7(4-2)12-9(6)11;2*1-3-4-6-7(9)5(2)11-8(6)10/h2*4,6-7,9H,1,5H2,2-3H3;2*3,7-8H,1,4-6H2,2H3;2*3,6-7H,1,4-5H2,2H3;2*3,5-6H,1,4H2,2H3/t7-,9+;7-,9-;7-,8+;7-,8-;2*6-,7-;2*5-,6-/m00001010/s1. The molecule has 16 atom stereocenters. The molecule has 8 saturated heterocycles. The Morgan fingerprint density at radius 1 is 0.276 bits per heavy atom. The molecule has 0 aliphatic carbocycles. The minimum atomic E-state index is -0.607. The summed E-state index contributed by atoms with van der Waals surface area (Å²) in [5.74, 6) is -8.63. The summed E-state index contributed by atoms with van der Waals surface area (Å²) >= 11 is 0. The van der Waals surface area contributed by atoms with E-state index in [4.69, 9.17) is 37.9 Å². The third kappa shape index (κ3) is 24.8. The fourth-order valence-electron chi connectivity index (χ4n) is 10.5. The molecule has 8 aliphatic rings. The number of carbonyl (C=O) groups is 16. The monoisotopic (exact) mass is 1370 g/mol. The highest BCUT2D eigenvalue weighted by Gasteiger charge is 2.48. The van der Waals surface area contributed by atoms with Gasteiger partial charge in [0.2, 0.25) is 0 Å². The summed E-state index contributed by atoms with van der Waals surface area (Å²) in [4.78, 5) is 180. The second-order valence-corrected chi connectivity index (χ2v) is 24.3. The Morgan fingerprint density at radius 3 is 0.622 bits per heavy atom. The van der Waals surface area contributed by atoms with Crippen molar-refractivity contribution in [2.75, 3.05) is 0 Å². The van der Waals surface area contributed by atoms with Gasteiger partial charge in [0.25, 0.3) is 0 Å². The van der Waals surface area contributed by atoms with E-state index >= 15 is 0 Å². The van der Waals surface area contributed by atoms with Gasteiger partial charge in [0, 0.05) is 0 Å². The van der Waals surface area contributed by atoms with E-state index in [1.165, 1.54) is 0 Å². The van der Waals surface area contributed by atoms with Crippen molar-refractivity contribution in [1.29, 1.82) is 0 Å². The number of ether oxygens (including phenoxy) is 8. The van der Waals surface area contributed by atoms with Crippen LogP contribution in [0.4, 0.5) is 0 Å². The molecule has 8 heterocycles. The van der Waals surface area contributed by atoms with E-state index in [9.17, 15) is 76.7 Å². The number of ketones is 8. The van der Waals surface area contributed by atoms with Crippen LogP contribution in [-0.2, 0) is 115 Å². The first-order valence-electron chi connectivity index (χ1n) is 33.1. The predicted octanol–water partition coefficient (Wildman–Crippen LogP) is 9.16. The second kappa shape index (κ2) is 44.1. The van der Waals surface area contributed by atoms with Gasteiger partial charge in [0.15, 0.2) is 95.1 Å². The molecule has 0 radical (unpaired) electrons. The highest BCUT2D eigenvalue weighted by Crippen LogP contribution is 2.30. The third-order valence-corrected chi connectivity index (χ3v) is 16.0. The molecule has 0 spiro atoms. The van der Waals surface area contributed by atoms with Crippen LogP contribution in [0.1, 0.15) is 159 Å². The smallest absolute Gasteiger partial charge is 0.317 e. The molecule has 0 aromatic heterocycles. The molecule has 0 unspecified atom stereocenters. The average Bonchev–Trinajstić information content (AvgIpc) is 1.71. The number of carbonyl (C=O) groups excluding carboxylic acids is 16. The van der Waals surface area contributed by atoms with Gasteiger partial charge in [-0.15, -0.1) is 52.6 Å². The Kier molecular flexibility index (Phi) is 39.1. The maximum Gasteiger partial charge on any atom is 0.317 e. The number of cyclic esters (lactones) is 8. The number of hydrogen-bond donors (Lipinski definition) is 0. The molecule has 540 valence electrons. The molecule has 0 aromatic carbocycles. The first-order chi connectivity index (χ1) is 46.3. The maximum atomic E-state index is 11.6. The van der Waals surface area contributed by atoms with Crippen LogP contribution in [0.25, 0.3) is 0 Å². The number of Topliss-reactive ketones (excluding diaryl/α,β-unsaturated/α-hetero) is 8. The van der Waals surface area contributed by atoms with Crippen LogP contribution in [-0.4, -0.2) is 143 Å². The fourth-order valence-corrected chi connectivity index (χ4v) is 10.5. The summed E-state index contributed by atoms with van der Waals surface area (Å²) in [6.07, 6.45) is 15.6. The van der Waals surface area contributed by atoms with Gasteiger partial charge in [-0.05, 0) is 103 Å². The van der Waals surface area contributed by atoms with Crippen molar-refractivity contribution >= 4 is 94.0 Å².